The molecule has 43 heavy (non-hydrogen) atoms. The Morgan fingerprint density at radius 2 is 1.74 bits per heavy atom. The summed E-state index contributed by atoms with van der Waals surface area (Å²) in [5, 5.41) is 30.6. The number of halogens is 1. The van der Waals surface area contributed by atoms with Crippen LogP contribution >= 0.6 is 12.4 Å². The van der Waals surface area contributed by atoms with Crippen LogP contribution in [0.5, 0.6) is 0 Å². The number of hydrogen-bond donors (Lipinski definition) is 2. The van der Waals surface area contributed by atoms with Gasteiger partial charge in [-0.15, -0.1) is 12.4 Å². The molecule has 2 N–H and O–H groups in total. The molecule has 2 heterocycles. The van der Waals surface area contributed by atoms with Crippen molar-refractivity contribution >= 4 is 52.4 Å². The number of aromatic nitrogens is 2. The van der Waals surface area contributed by atoms with E-state index in [0.717, 1.165) is 10.9 Å². The van der Waals surface area contributed by atoms with E-state index in [0.29, 0.717) is 33.9 Å². The zero-order chi connectivity index (χ0) is 30.0. The zero-order valence-electron chi connectivity index (χ0n) is 23.7. The van der Waals surface area contributed by atoms with Gasteiger partial charge in [-0.1, -0.05) is 30.3 Å². The molecular weight excluding hydrogens is 568 g/mol. The number of nitrogens with zero attached hydrogens (tertiary/aromatic N) is 6. The van der Waals surface area contributed by atoms with E-state index < -0.39 is 23.9 Å². The lowest BCUT2D eigenvalue weighted by molar-refractivity contribution is -0.128. The lowest BCUT2D eigenvalue weighted by Gasteiger charge is -2.25. The third kappa shape index (κ3) is 5.77. The van der Waals surface area contributed by atoms with Crippen LogP contribution in [0.15, 0.2) is 66.7 Å². The maximum absolute atomic E-state index is 14.2. The largest absolute Gasteiger partial charge is 0.341 e. The van der Waals surface area contributed by atoms with Crippen LogP contribution in [0.4, 0.5) is 11.4 Å². The first-order valence-electron chi connectivity index (χ1n) is 13.3. The van der Waals surface area contributed by atoms with Crippen molar-refractivity contribution in [1.29, 1.82) is 10.5 Å². The molecule has 0 spiro atoms. The second-order valence-corrected chi connectivity index (χ2v) is 9.95. The third-order valence-corrected chi connectivity index (χ3v) is 7.36. The molecule has 0 fully saturated rings. The van der Waals surface area contributed by atoms with E-state index in [4.69, 9.17) is 5.10 Å². The molecule has 3 aromatic carbocycles. The fraction of sp³-hybridized carbons (Fsp3) is 0.226. The van der Waals surface area contributed by atoms with E-state index in [9.17, 15) is 24.9 Å². The molecule has 218 valence electrons. The SMILES string of the molecule is CNC(C)C(=O)N[C@H]1CN(C(C)=O)c2cc(C#N)ccc2N(Cc2nn(-c3ccccc3C#N)c3ccccc23)C1=O.Cl. The Balaban J connectivity index is 0.00000423. The minimum Gasteiger partial charge on any atom is -0.341 e. The third-order valence-electron chi connectivity index (χ3n) is 7.36. The Kier molecular flexibility index (Phi) is 9.10. The van der Waals surface area contributed by atoms with Crippen molar-refractivity contribution in [1.82, 2.24) is 20.4 Å². The molecule has 12 heteroatoms. The lowest BCUT2D eigenvalue weighted by atomic mass is 10.1. The summed E-state index contributed by atoms with van der Waals surface area (Å²) in [7, 11) is 1.64. The molecule has 0 saturated heterocycles. The number of benzene rings is 3. The van der Waals surface area contributed by atoms with E-state index in [2.05, 4.69) is 22.8 Å². The number of rotatable bonds is 6. The molecule has 1 aliphatic heterocycles. The number of carbonyl (C=O) groups excluding carboxylic acids is 3. The van der Waals surface area contributed by atoms with Crippen molar-refractivity contribution in [2.24, 2.45) is 0 Å². The van der Waals surface area contributed by atoms with Gasteiger partial charge in [0, 0.05) is 12.3 Å². The molecule has 1 aliphatic rings. The summed E-state index contributed by atoms with van der Waals surface area (Å²) in [5.74, 6) is -1.17. The number of fused-ring (bicyclic) bond motifs is 2. The Labute approximate surface area is 254 Å². The van der Waals surface area contributed by atoms with Crippen LogP contribution in [0.25, 0.3) is 16.6 Å². The number of nitrogens with one attached hydrogen (secondary N) is 2. The zero-order valence-corrected chi connectivity index (χ0v) is 24.6. The molecule has 0 radical (unpaired) electrons. The fourth-order valence-corrected chi connectivity index (χ4v) is 5.03. The van der Waals surface area contributed by atoms with Gasteiger partial charge in [-0.2, -0.15) is 15.6 Å². The number of anilines is 2. The number of nitriles is 2. The molecule has 1 unspecified atom stereocenters. The molecular formula is C31H29ClN8O3. The van der Waals surface area contributed by atoms with Crippen LogP contribution < -0.4 is 20.4 Å². The van der Waals surface area contributed by atoms with Crippen LogP contribution in [0.3, 0.4) is 0 Å². The van der Waals surface area contributed by atoms with E-state index >= 15 is 0 Å². The highest BCUT2D eigenvalue weighted by Gasteiger charge is 2.37. The maximum Gasteiger partial charge on any atom is 0.251 e. The summed E-state index contributed by atoms with van der Waals surface area (Å²) in [6.45, 7) is 2.93. The number of para-hydroxylation sites is 2. The fourth-order valence-electron chi connectivity index (χ4n) is 5.03. The van der Waals surface area contributed by atoms with Gasteiger partial charge in [0.15, 0.2) is 0 Å². The van der Waals surface area contributed by atoms with E-state index in [-0.39, 0.29) is 31.4 Å². The quantitative estimate of drug-likeness (QED) is 0.347. The Bertz CT molecular complexity index is 1800. The molecule has 4 aromatic rings. The monoisotopic (exact) mass is 596 g/mol. The number of hydrogen-bond acceptors (Lipinski definition) is 7. The van der Waals surface area contributed by atoms with Crippen LogP contribution in [0.2, 0.25) is 0 Å². The van der Waals surface area contributed by atoms with Crippen LogP contribution in [0, 0.1) is 22.7 Å². The highest BCUT2D eigenvalue weighted by molar-refractivity contribution is 6.08. The van der Waals surface area contributed by atoms with Crippen molar-refractivity contribution in [2.75, 3.05) is 23.4 Å². The van der Waals surface area contributed by atoms with Gasteiger partial charge >= 0.3 is 0 Å². The molecule has 11 nitrogen and oxygen atoms in total. The predicted octanol–water partition coefficient (Wildman–Crippen LogP) is 3.18. The van der Waals surface area contributed by atoms with Gasteiger partial charge < -0.3 is 20.4 Å². The van der Waals surface area contributed by atoms with Gasteiger partial charge in [-0.05, 0) is 50.4 Å². The normalized spacial score (nSPS) is 15.0. The summed E-state index contributed by atoms with van der Waals surface area (Å²) in [6, 6.07) is 22.1. The van der Waals surface area contributed by atoms with Crippen molar-refractivity contribution in [3.05, 3.63) is 83.6 Å². The first kappa shape index (κ1) is 30.7. The first-order chi connectivity index (χ1) is 20.3. The number of amides is 3. The highest BCUT2D eigenvalue weighted by atomic mass is 35.5. The second kappa shape index (κ2) is 12.7. The van der Waals surface area contributed by atoms with Crippen LogP contribution in [0.1, 0.15) is 30.7 Å². The summed E-state index contributed by atoms with van der Waals surface area (Å²) in [4.78, 5) is 42.8. The van der Waals surface area contributed by atoms with Gasteiger partial charge in [-0.25, -0.2) is 4.68 Å². The van der Waals surface area contributed by atoms with Gasteiger partial charge in [0.05, 0.1) is 64.6 Å². The summed E-state index contributed by atoms with van der Waals surface area (Å²) >= 11 is 0. The Hall–Kier alpha value is -5.23. The standard InChI is InChI=1S/C31H28N8O3.ClH/c1-19(34-3)30(41)35-25-18-37(20(2)40)29-14-21(15-32)12-13-28(29)38(31(25)42)17-24-23-9-5-7-11-27(23)39(36-24)26-10-6-4-8-22(26)16-33;/h4-14,19,25,34H,17-18H2,1-3H3,(H,35,41);1H/t19?,25-;/m0./s1. The number of carbonyl (C=O) groups is 3. The van der Waals surface area contributed by atoms with E-state index in [1.54, 1.807) is 55.1 Å². The topological polar surface area (TPSA) is 147 Å². The van der Waals surface area contributed by atoms with Crippen molar-refractivity contribution in [3.8, 4) is 17.8 Å². The van der Waals surface area contributed by atoms with E-state index in [1.165, 1.54) is 16.7 Å². The van der Waals surface area contributed by atoms with Gasteiger partial charge in [0.25, 0.3) is 5.91 Å². The van der Waals surface area contributed by atoms with Gasteiger partial charge in [0.1, 0.15) is 12.1 Å². The highest BCUT2D eigenvalue weighted by Crippen LogP contribution is 2.36. The minimum absolute atomic E-state index is 0. The molecule has 1 aromatic heterocycles. The smallest absolute Gasteiger partial charge is 0.251 e. The summed E-state index contributed by atoms with van der Waals surface area (Å²) in [6.07, 6.45) is 0. The lowest BCUT2D eigenvalue weighted by Crippen LogP contribution is -2.55. The minimum atomic E-state index is -1.07. The molecule has 2 atom stereocenters. The van der Waals surface area contributed by atoms with Crippen molar-refractivity contribution in [2.45, 2.75) is 32.5 Å². The summed E-state index contributed by atoms with van der Waals surface area (Å²) in [5.41, 5.74) is 3.44. The molecule has 0 saturated carbocycles. The average molecular weight is 597 g/mol. The molecule has 0 bridgehead atoms. The van der Waals surface area contributed by atoms with Crippen LogP contribution in [-0.2, 0) is 20.9 Å². The Morgan fingerprint density at radius 1 is 1.02 bits per heavy atom. The predicted molar refractivity (Wildman–Crippen MR) is 164 cm³/mol. The molecule has 0 aliphatic carbocycles. The van der Waals surface area contributed by atoms with Crippen LogP contribution in [-0.4, -0.2) is 53.2 Å². The second-order valence-electron chi connectivity index (χ2n) is 9.95. The average Bonchev–Trinajstić information content (AvgIpc) is 3.33. The van der Waals surface area contributed by atoms with Crippen molar-refractivity contribution in [3.63, 3.8) is 0 Å². The first-order valence-corrected chi connectivity index (χ1v) is 13.3. The maximum atomic E-state index is 14.2. The van der Waals surface area contributed by atoms with Gasteiger partial charge in [0.2, 0.25) is 11.8 Å². The van der Waals surface area contributed by atoms with Gasteiger partial charge in [-0.3, -0.25) is 14.4 Å². The Morgan fingerprint density at radius 3 is 2.44 bits per heavy atom. The number of likely N-dealkylation sites (N-methyl/N-ethyl adjacent to an activating group) is 1. The van der Waals surface area contributed by atoms with E-state index in [1.807, 2.05) is 30.3 Å². The summed E-state index contributed by atoms with van der Waals surface area (Å²) < 4.78 is 1.68. The van der Waals surface area contributed by atoms with Crippen molar-refractivity contribution < 1.29 is 14.4 Å². The molecule has 3 amide bonds. The molecule has 5 rings (SSSR count).